The Morgan fingerprint density at radius 1 is 0.786 bits per heavy atom. The summed E-state index contributed by atoms with van der Waals surface area (Å²) in [5.41, 5.74) is 4.02. The second-order valence-electron chi connectivity index (χ2n) is 7.26. The molecule has 0 unspecified atom stereocenters. The highest BCUT2D eigenvalue weighted by atomic mass is 32.2. The molecule has 0 saturated heterocycles. The molecule has 0 aliphatic rings. The van der Waals surface area contributed by atoms with Crippen LogP contribution >= 0.6 is 0 Å². The number of hydrogen-bond acceptors (Lipinski definition) is 4. The van der Waals surface area contributed by atoms with Gasteiger partial charge in [-0.3, -0.25) is 0 Å². The summed E-state index contributed by atoms with van der Waals surface area (Å²) >= 11 is 0. The van der Waals surface area contributed by atoms with Gasteiger partial charge in [0.25, 0.3) is 0 Å². The van der Waals surface area contributed by atoms with E-state index in [1.807, 2.05) is 55.5 Å². The number of nitrogens with one attached hydrogen (secondary N) is 2. The molecule has 2 rings (SSSR count). The predicted molar refractivity (Wildman–Crippen MR) is 114 cm³/mol. The minimum absolute atomic E-state index is 0.0621. The maximum absolute atomic E-state index is 11.9. The second kappa shape index (κ2) is 9.17. The molecule has 2 aromatic carbocycles. The summed E-state index contributed by atoms with van der Waals surface area (Å²) in [6.45, 7) is 5.93. The van der Waals surface area contributed by atoms with Gasteiger partial charge in [0.2, 0.25) is 20.0 Å². The van der Waals surface area contributed by atoms with E-state index in [0.29, 0.717) is 6.54 Å². The molecule has 6 nitrogen and oxygen atoms in total. The summed E-state index contributed by atoms with van der Waals surface area (Å²) in [7, 11) is -6.47. The fourth-order valence-corrected chi connectivity index (χ4v) is 3.80. The molecule has 0 aliphatic carbocycles. The van der Waals surface area contributed by atoms with Crippen molar-refractivity contribution in [1.29, 1.82) is 0 Å². The normalized spacial score (nSPS) is 13.6. The molecule has 1 atom stereocenters. The van der Waals surface area contributed by atoms with Crippen LogP contribution in [0.5, 0.6) is 0 Å². The summed E-state index contributed by atoms with van der Waals surface area (Å²) in [5, 5.41) is -0.447. The van der Waals surface area contributed by atoms with Gasteiger partial charge in [-0.25, -0.2) is 26.3 Å². The number of sulfonamides is 2. The van der Waals surface area contributed by atoms with Crippen LogP contribution in [0, 0.1) is 0 Å². The lowest BCUT2D eigenvalue weighted by Gasteiger charge is -2.15. The third kappa shape index (κ3) is 6.70. The highest BCUT2D eigenvalue weighted by molar-refractivity contribution is 7.90. The molecule has 0 aliphatic heterocycles. The summed E-state index contributed by atoms with van der Waals surface area (Å²) in [5.74, 6) is 0.0621. The molecule has 0 fully saturated rings. The molecular weight excluding hydrogens is 396 g/mol. The van der Waals surface area contributed by atoms with Gasteiger partial charge in [-0.2, -0.15) is 0 Å². The molecule has 0 aromatic heterocycles. The van der Waals surface area contributed by atoms with Crippen LogP contribution in [0.4, 0.5) is 0 Å². The smallest absolute Gasteiger partial charge is 0.213 e. The third-order valence-corrected chi connectivity index (χ3v) is 7.00. The van der Waals surface area contributed by atoms with Crippen molar-refractivity contribution in [3.05, 3.63) is 59.7 Å². The first-order chi connectivity index (χ1) is 13.0. The van der Waals surface area contributed by atoms with Crippen LogP contribution in [-0.2, 0) is 26.6 Å². The van der Waals surface area contributed by atoms with Crippen molar-refractivity contribution < 1.29 is 16.8 Å². The van der Waals surface area contributed by atoms with E-state index in [0.717, 1.165) is 28.5 Å². The van der Waals surface area contributed by atoms with Crippen molar-refractivity contribution in [2.45, 2.75) is 38.5 Å². The molecular formula is C20H28N2O4S2. The Hall–Kier alpha value is -1.74. The summed E-state index contributed by atoms with van der Waals surface area (Å²) in [6, 6.07) is 15.7. The zero-order valence-corrected chi connectivity index (χ0v) is 18.3. The molecule has 0 radical (unpaired) electrons. The highest BCUT2D eigenvalue weighted by Crippen LogP contribution is 2.23. The molecule has 0 saturated carbocycles. The third-order valence-electron chi connectivity index (χ3n) is 4.52. The molecule has 2 N–H and O–H groups in total. The Morgan fingerprint density at radius 3 is 1.75 bits per heavy atom. The van der Waals surface area contributed by atoms with Gasteiger partial charge in [0.1, 0.15) is 0 Å². The van der Waals surface area contributed by atoms with Crippen LogP contribution in [0.2, 0.25) is 0 Å². The van der Waals surface area contributed by atoms with Crippen LogP contribution < -0.4 is 9.44 Å². The molecule has 2 aromatic rings. The first kappa shape index (κ1) is 22.5. The average molecular weight is 425 g/mol. The van der Waals surface area contributed by atoms with Crippen molar-refractivity contribution in [1.82, 2.24) is 9.44 Å². The summed E-state index contributed by atoms with van der Waals surface area (Å²) in [4.78, 5) is 0. The van der Waals surface area contributed by atoms with Gasteiger partial charge in [0.05, 0.1) is 11.5 Å². The van der Waals surface area contributed by atoms with Gasteiger partial charge in [-0.05, 0) is 42.0 Å². The standard InChI is InChI=1S/C20H28N2O4S2/c1-15(2)28(25,26)22-13-16(3)18-9-11-20(12-10-18)19-7-5-17(6-8-19)14-21-27(4,23)24/h5-12,15-16,21-22H,13-14H2,1-4H3/t16-/m0/s1. The highest BCUT2D eigenvalue weighted by Gasteiger charge is 2.17. The Balaban J connectivity index is 2.02. The quantitative estimate of drug-likeness (QED) is 0.647. The topological polar surface area (TPSA) is 92.3 Å². The second-order valence-corrected chi connectivity index (χ2v) is 11.4. The zero-order chi connectivity index (χ0) is 20.9. The van der Waals surface area contributed by atoms with Gasteiger partial charge in [0, 0.05) is 13.1 Å². The molecule has 0 heterocycles. The zero-order valence-electron chi connectivity index (χ0n) is 16.6. The van der Waals surface area contributed by atoms with E-state index in [2.05, 4.69) is 9.44 Å². The van der Waals surface area contributed by atoms with Crippen LogP contribution in [0.1, 0.15) is 37.8 Å². The fourth-order valence-electron chi connectivity index (χ4n) is 2.56. The molecule has 0 bridgehead atoms. The van der Waals surface area contributed by atoms with Crippen LogP contribution in [0.15, 0.2) is 48.5 Å². The lowest BCUT2D eigenvalue weighted by molar-refractivity contribution is 0.566. The van der Waals surface area contributed by atoms with Gasteiger partial charge in [0.15, 0.2) is 0 Å². The number of hydrogen-bond donors (Lipinski definition) is 2. The number of rotatable bonds is 9. The van der Waals surface area contributed by atoms with E-state index in [-0.39, 0.29) is 12.5 Å². The fraction of sp³-hybridized carbons (Fsp3) is 0.400. The first-order valence-electron chi connectivity index (χ1n) is 9.10. The Bertz CT molecular complexity index is 982. The lowest BCUT2D eigenvalue weighted by atomic mass is 9.97. The van der Waals surface area contributed by atoms with Crippen LogP contribution in [-0.4, -0.2) is 34.9 Å². The lowest BCUT2D eigenvalue weighted by Crippen LogP contribution is -2.33. The SMILES string of the molecule is CC(C)S(=O)(=O)NC[C@H](C)c1ccc(-c2ccc(CNS(C)(=O)=O)cc2)cc1. The Labute approximate surface area is 168 Å². The van der Waals surface area contributed by atoms with E-state index in [4.69, 9.17) is 0 Å². The van der Waals surface area contributed by atoms with Gasteiger partial charge in [-0.15, -0.1) is 0 Å². The summed E-state index contributed by atoms with van der Waals surface area (Å²) < 4.78 is 51.2. The number of benzene rings is 2. The van der Waals surface area contributed by atoms with Gasteiger partial charge in [-0.1, -0.05) is 55.5 Å². The van der Waals surface area contributed by atoms with E-state index >= 15 is 0 Å². The van der Waals surface area contributed by atoms with Crippen molar-refractivity contribution in [3.63, 3.8) is 0 Å². The molecule has 0 spiro atoms. The van der Waals surface area contributed by atoms with Gasteiger partial charge < -0.3 is 0 Å². The van der Waals surface area contributed by atoms with Crippen molar-refractivity contribution >= 4 is 20.0 Å². The predicted octanol–water partition coefficient (Wildman–Crippen LogP) is 2.83. The minimum Gasteiger partial charge on any atom is -0.214 e. The van der Waals surface area contributed by atoms with Crippen molar-refractivity contribution in [3.8, 4) is 11.1 Å². The van der Waals surface area contributed by atoms with Crippen LogP contribution in [0.25, 0.3) is 11.1 Å². The molecule has 0 amide bonds. The van der Waals surface area contributed by atoms with E-state index < -0.39 is 25.3 Å². The summed E-state index contributed by atoms with van der Waals surface area (Å²) in [6.07, 6.45) is 1.14. The van der Waals surface area contributed by atoms with E-state index in [1.54, 1.807) is 13.8 Å². The average Bonchev–Trinajstić information content (AvgIpc) is 2.64. The minimum atomic E-state index is -3.26. The first-order valence-corrected chi connectivity index (χ1v) is 12.5. The van der Waals surface area contributed by atoms with Crippen molar-refractivity contribution in [2.24, 2.45) is 0 Å². The molecule has 28 heavy (non-hydrogen) atoms. The molecule has 154 valence electrons. The molecule has 8 heteroatoms. The van der Waals surface area contributed by atoms with Gasteiger partial charge >= 0.3 is 0 Å². The van der Waals surface area contributed by atoms with E-state index in [9.17, 15) is 16.8 Å². The van der Waals surface area contributed by atoms with Crippen molar-refractivity contribution in [2.75, 3.05) is 12.8 Å². The van der Waals surface area contributed by atoms with E-state index in [1.165, 1.54) is 0 Å². The maximum Gasteiger partial charge on any atom is 0.213 e. The largest absolute Gasteiger partial charge is 0.214 e. The maximum atomic E-state index is 11.9. The Kier molecular flexibility index (Phi) is 7.39. The Morgan fingerprint density at radius 2 is 1.29 bits per heavy atom. The van der Waals surface area contributed by atoms with Crippen LogP contribution in [0.3, 0.4) is 0 Å². The monoisotopic (exact) mass is 424 g/mol.